The summed E-state index contributed by atoms with van der Waals surface area (Å²) in [5.74, 6) is 0.438. The number of hydrogen-bond donors (Lipinski definition) is 2. The number of carbonyl (C=O) groups excluding carboxylic acids is 1. The Hall–Kier alpha value is -2.34. The first-order valence-electron chi connectivity index (χ1n) is 7.95. The molecule has 0 spiro atoms. The predicted octanol–water partition coefficient (Wildman–Crippen LogP) is 1.77. The highest BCUT2D eigenvalue weighted by atomic mass is 16.5. The van der Waals surface area contributed by atoms with Crippen LogP contribution in [0.3, 0.4) is 0 Å². The van der Waals surface area contributed by atoms with Gasteiger partial charge in [0, 0.05) is 38.0 Å². The molecule has 1 aliphatic rings. The van der Waals surface area contributed by atoms with E-state index < -0.39 is 0 Å². The first kappa shape index (κ1) is 15.6. The van der Waals surface area contributed by atoms with Crippen LogP contribution >= 0.6 is 0 Å². The number of nitrogens with zero attached hydrogens (tertiary/aromatic N) is 2. The third-order valence-electron chi connectivity index (χ3n) is 4.02. The number of hydrogen-bond acceptors (Lipinski definition) is 3. The van der Waals surface area contributed by atoms with Crippen molar-refractivity contribution < 1.29 is 9.53 Å². The largest absolute Gasteiger partial charge is 0.381 e. The molecule has 1 aliphatic heterocycles. The van der Waals surface area contributed by atoms with Crippen molar-refractivity contribution in [3.63, 3.8) is 0 Å². The van der Waals surface area contributed by atoms with Crippen LogP contribution in [-0.4, -0.2) is 35.6 Å². The fourth-order valence-corrected chi connectivity index (χ4v) is 2.67. The highest BCUT2D eigenvalue weighted by Gasteiger charge is 2.16. The Morgan fingerprint density at radius 2 is 2.13 bits per heavy atom. The molecule has 2 aromatic rings. The van der Waals surface area contributed by atoms with Gasteiger partial charge in [-0.3, -0.25) is 4.68 Å². The molecule has 6 heteroatoms. The molecule has 1 aromatic heterocycles. The summed E-state index contributed by atoms with van der Waals surface area (Å²) < 4.78 is 7.18. The summed E-state index contributed by atoms with van der Waals surface area (Å²) in [7, 11) is 0. The summed E-state index contributed by atoms with van der Waals surface area (Å²) in [5.41, 5.74) is 2.25. The lowest BCUT2D eigenvalue weighted by Crippen LogP contribution is -2.38. The maximum Gasteiger partial charge on any atom is 0.315 e. The van der Waals surface area contributed by atoms with E-state index in [2.05, 4.69) is 21.8 Å². The smallest absolute Gasteiger partial charge is 0.315 e. The van der Waals surface area contributed by atoms with Gasteiger partial charge < -0.3 is 15.4 Å². The van der Waals surface area contributed by atoms with Gasteiger partial charge in [-0.25, -0.2) is 4.79 Å². The second-order valence-electron chi connectivity index (χ2n) is 5.77. The summed E-state index contributed by atoms with van der Waals surface area (Å²) in [5, 5.41) is 10.1. The average Bonchev–Trinajstić information content (AvgIpc) is 3.25. The normalized spacial score (nSPS) is 17.1. The van der Waals surface area contributed by atoms with E-state index in [1.165, 1.54) is 0 Å². The highest BCUT2D eigenvalue weighted by Crippen LogP contribution is 2.11. The van der Waals surface area contributed by atoms with Crippen molar-refractivity contribution in [2.24, 2.45) is 5.92 Å². The van der Waals surface area contributed by atoms with Crippen molar-refractivity contribution in [1.82, 2.24) is 20.4 Å². The van der Waals surface area contributed by atoms with Crippen LogP contribution in [-0.2, 0) is 17.8 Å². The Balaban J connectivity index is 1.50. The molecule has 0 radical (unpaired) electrons. The van der Waals surface area contributed by atoms with E-state index in [4.69, 9.17) is 4.74 Å². The van der Waals surface area contributed by atoms with Gasteiger partial charge in [-0.2, -0.15) is 5.10 Å². The van der Waals surface area contributed by atoms with Gasteiger partial charge in [-0.05, 0) is 23.6 Å². The number of ether oxygens (including phenoxy) is 1. The Morgan fingerprint density at radius 3 is 2.87 bits per heavy atom. The summed E-state index contributed by atoms with van der Waals surface area (Å²) in [6.07, 6.45) is 4.72. The molecule has 0 saturated carbocycles. The van der Waals surface area contributed by atoms with Gasteiger partial charge in [0.05, 0.1) is 13.2 Å². The Kier molecular flexibility index (Phi) is 5.26. The van der Waals surface area contributed by atoms with Gasteiger partial charge in [0.15, 0.2) is 0 Å². The minimum Gasteiger partial charge on any atom is -0.381 e. The molecule has 23 heavy (non-hydrogen) atoms. The van der Waals surface area contributed by atoms with Crippen molar-refractivity contribution in [3.8, 4) is 0 Å². The van der Waals surface area contributed by atoms with E-state index in [1.54, 1.807) is 6.20 Å². The third kappa shape index (κ3) is 4.56. The number of rotatable bonds is 6. The van der Waals surface area contributed by atoms with Crippen LogP contribution in [0.5, 0.6) is 0 Å². The molecule has 2 heterocycles. The zero-order valence-electron chi connectivity index (χ0n) is 13.1. The number of urea groups is 1. The third-order valence-corrected chi connectivity index (χ3v) is 4.02. The lowest BCUT2D eigenvalue weighted by molar-refractivity contribution is 0.185. The van der Waals surface area contributed by atoms with Gasteiger partial charge in [-0.15, -0.1) is 0 Å². The molecule has 0 aliphatic carbocycles. The maximum absolute atomic E-state index is 11.9. The van der Waals surface area contributed by atoms with E-state index in [-0.39, 0.29) is 6.03 Å². The zero-order chi connectivity index (χ0) is 15.9. The van der Waals surface area contributed by atoms with E-state index in [0.29, 0.717) is 25.6 Å². The predicted molar refractivity (Wildman–Crippen MR) is 86.9 cm³/mol. The van der Waals surface area contributed by atoms with Crippen molar-refractivity contribution >= 4 is 6.03 Å². The van der Waals surface area contributed by atoms with Gasteiger partial charge >= 0.3 is 6.03 Å². The Morgan fingerprint density at radius 1 is 1.26 bits per heavy atom. The zero-order valence-corrected chi connectivity index (χ0v) is 13.1. The number of benzene rings is 1. The molecule has 122 valence electrons. The van der Waals surface area contributed by atoms with Gasteiger partial charge in [0.1, 0.15) is 0 Å². The molecule has 1 saturated heterocycles. The highest BCUT2D eigenvalue weighted by molar-refractivity contribution is 5.73. The second-order valence-corrected chi connectivity index (χ2v) is 5.77. The number of nitrogens with one attached hydrogen (secondary N) is 2. The summed E-state index contributed by atoms with van der Waals surface area (Å²) in [6, 6.07) is 9.85. The lowest BCUT2D eigenvalue weighted by Gasteiger charge is -2.13. The molecule has 2 N–H and O–H groups in total. The molecule has 6 nitrogen and oxygen atoms in total. The minimum absolute atomic E-state index is 0.134. The van der Waals surface area contributed by atoms with Gasteiger partial charge in [0.2, 0.25) is 0 Å². The summed E-state index contributed by atoms with van der Waals surface area (Å²) in [6.45, 7) is 3.42. The van der Waals surface area contributed by atoms with Crippen LogP contribution in [0.15, 0.2) is 42.7 Å². The van der Waals surface area contributed by atoms with Crippen LogP contribution in [0, 0.1) is 5.92 Å². The summed E-state index contributed by atoms with van der Waals surface area (Å²) in [4.78, 5) is 11.9. The van der Waals surface area contributed by atoms with E-state index in [1.807, 2.05) is 35.1 Å². The molecule has 3 rings (SSSR count). The van der Waals surface area contributed by atoms with E-state index >= 15 is 0 Å². The van der Waals surface area contributed by atoms with E-state index in [0.717, 1.165) is 30.8 Å². The standard InChI is InChI=1S/C17H22N4O2/c22-17(18-10-14-6-9-23-13-14)19-11-15-4-1-2-5-16(15)12-21-8-3-7-20-21/h1-5,7-8,14H,6,9-13H2,(H2,18,19,22)/t14-/m0/s1. The molecule has 1 fully saturated rings. The first-order chi connectivity index (χ1) is 11.3. The molecular formula is C17H22N4O2. The number of amides is 2. The fourth-order valence-electron chi connectivity index (χ4n) is 2.67. The van der Waals surface area contributed by atoms with Crippen molar-refractivity contribution in [3.05, 3.63) is 53.9 Å². The monoisotopic (exact) mass is 314 g/mol. The van der Waals surface area contributed by atoms with Crippen LogP contribution < -0.4 is 10.6 Å². The summed E-state index contributed by atoms with van der Waals surface area (Å²) >= 11 is 0. The maximum atomic E-state index is 11.9. The van der Waals surface area contributed by atoms with E-state index in [9.17, 15) is 4.79 Å². The first-order valence-corrected chi connectivity index (χ1v) is 7.95. The molecular weight excluding hydrogens is 292 g/mol. The van der Waals surface area contributed by atoms with Gasteiger partial charge in [-0.1, -0.05) is 24.3 Å². The van der Waals surface area contributed by atoms with Crippen LogP contribution in [0.4, 0.5) is 4.79 Å². The van der Waals surface area contributed by atoms with Crippen molar-refractivity contribution in [2.75, 3.05) is 19.8 Å². The Bertz CT molecular complexity index is 621. The number of carbonyl (C=O) groups is 1. The fraction of sp³-hybridized carbons (Fsp3) is 0.412. The van der Waals surface area contributed by atoms with Crippen LogP contribution in [0.1, 0.15) is 17.5 Å². The Labute approximate surface area is 135 Å². The number of aromatic nitrogens is 2. The molecule has 1 aromatic carbocycles. The molecule has 0 bridgehead atoms. The molecule has 0 unspecified atom stereocenters. The second kappa shape index (κ2) is 7.78. The van der Waals surface area contributed by atoms with Crippen LogP contribution in [0.2, 0.25) is 0 Å². The van der Waals surface area contributed by atoms with Crippen molar-refractivity contribution in [2.45, 2.75) is 19.5 Å². The lowest BCUT2D eigenvalue weighted by atomic mass is 10.1. The quantitative estimate of drug-likeness (QED) is 0.854. The minimum atomic E-state index is -0.134. The average molecular weight is 314 g/mol. The molecule has 1 atom stereocenters. The molecule has 2 amide bonds. The topological polar surface area (TPSA) is 68.2 Å². The van der Waals surface area contributed by atoms with Gasteiger partial charge in [0.25, 0.3) is 0 Å². The van der Waals surface area contributed by atoms with Crippen LogP contribution in [0.25, 0.3) is 0 Å². The SMILES string of the molecule is O=C(NCc1ccccc1Cn1cccn1)NC[C@@H]1CCOC1. The van der Waals surface area contributed by atoms with Crippen molar-refractivity contribution in [1.29, 1.82) is 0 Å².